The highest BCUT2D eigenvalue weighted by Crippen LogP contribution is 2.10. The Kier molecular flexibility index (Phi) is 6.15. The number of aromatic nitrogens is 1. The van der Waals surface area contributed by atoms with Crippen LogP contribution in [0.4, 0.5) is 11.5 Å². The van der Waals surface area contributed by atoms with E-state index < -0.39 is 0 Å². The zero-order valence-electron chi connectivity index (χ0n) is 13.9. The molecular formula is C18H21N5O. The second-order valence-corrected chi connectivity index (χ2v) is 5.48. The Labute approximate surface area is 142 Å². The van der Waals surface area contributed by atoms with Crippen LogP contribution in [0, 0.1) is 11.3 Å². The van der Waals surface area contributed by atoms with E-state index in [-0.39, 0.29) is 12.5 Å². The van der Waals surface area contributed by atoms with Crippen molar-refractivity contribution in [2.45, 2.75) is 0 Å². The van der Waals surface area contributed by atoms with Gasteiger partial charge < -0.3 is 15.1 Å². The monoisotopic (exact) mass is 323 g/mol. The number of nitriles is 1. The molecule has 0 atom stereocenters. The lowest BCUT2D eigenvalue weighted by Crippen LogP contribution is -2.39. The van der Waals surface area contributed by atoms with Gasteiger partial charge in [0.25, 0.3) is 0 Å². The third-order valence-electron chi connectivity index (χ3n) is 3.62. The van der Waals surface area contributed by atoms with Gasteiger partial charge in [0.15, 0.2) is 0 Å². The van der Waals surface area contributed by atoms with E-state index >= 15 is 0 Å². The van der Waals surface area contributed by atoms with Crippen LogP contribution in [0.3, 0.4) is 0 Å². The van der Waals surface area contributed by atoms with Crippen molar-refractivity contribution in [1.82, 2.24) is 10.3 Å². The molecule has 0 unspecified atom stereocenters. The molecule has 0 saturated carbocycles. The van der Waals surface area contributed by atoms with Crippen LogP contribution in [-0.4, -0.2) is 44.6 Å². The molecule has 2 rings (SSSR count). The topological polar surface area (TPSA) is 72.3 Å². The van der Waals surface area contributed by atoms with E-state index in [1.807, 2.05) is 43.4 Å². The van der Waals surface area contributed by atoms with E-state index in [0.717, 1.165) is 12.2 Å². The molecule has 1 heterocycles. The van der Waals surface area contributed by atoms with Crippen LogP contribution in [0.2, 0.25) is 0 Å². The third-order valence-corrected chi connectivity index (χ3v) is 3.62. The van der Waals surface area contributed by atoms with Crippen LogP contribution in [0.15, 0.2) is 48.7 Å². The molecule has 1 aromatic heterocycles. The number of rotatable bonds is 7. The largest absolute Gasteiger partial charge is 0.373 e. The summed E-state index contributed by atoms with van der Waals surface area (Å²) in [4.78, 5) is 20.0. The van der Waals surface area contributed by atoms with Crippen molar-refractivity contribution in [3.8, 4) is 6.07 Å². The van der Waals surface area contributed by atoms with E-state index in [1.165, 1.54) is 6.20 Å². The summed E-state index contributed by atoms with van der Waals surface area (Å²) in [6.45, 7) is 1.52. The Bertz CT molecular complexity index is 694. The van der Waals surface area contributed by atoms with Crippen LogP contribution in [-0.2, 0) is 4.79 Å². The van der Waals surface area contributed by atoms with Gasteiger partial charge in [-0.15, -0.1) is 0 Å². The van der Waals surface area contributed by atoms with Gasteiger partial charge in [0.2, 0.25) is 5.91 Å². The fourth-order valence-electron chi connectivity index (χ4n) is 2.20. The number of para-hydroxylation sites is 1. The van der Waals surface area contributed by atoms with Crippen molar-refractivity contribution in [2.75, 3.05) is 43.5 Å². The minimum Gasteiger partial charge on any atom is -0.373 e. The van der Waals surface area contributed by atoms with Gasteiger partial charge in [-0.2, -0.15) is 5.26 Å². The van der Waals surface area contributed by atoms with E-state index in [2.05, 4.69) is 15.2 Å². The summed E-state index contributed by atoms with van der Waals surface area (Å²) < 4.78 is 0. The molecule has 0 bridgehead atoms. The summed E-state index contributed by atoms with van der Waals surface area (Å²) >= 11 is 0. The number of benzene rings is 1. The first-order chi connectivity index (χ1) is 11.6. The molecule has 1 aromatic carbocycles. The van der Waals surface area contributed by atoms with Crippen LogP contribution < -0.4 is 15.1 Å². The third kappa shape index (κ3) is 4.99. The van der Waals surface area contributed by atoms with Crippen molar-refractivity contribution in [3.05, 3.63) is 54.2 Å². The average Bonchev–Trinajstić information content (AvgIpc) is 2.62. The highest BCUT2D eigenvalue weighted by Gasteiger charge is 2.08. The lowest BCUT2D eigenvalue weighted by Gasteiger charge is -2.21. The normalized spacial score (nSPS) is 9.88. The smallest absolute Gasteiger partial charge is 0.239 e. The average molecular weight is 323 g/mol. The maximum absolute atomic E-state index is 12.0. The lowest BCUT2D eigenvalue weighted by molar-refractivity contribution is -0.119. The van der Waals surface area contributed by atoms with Crippen LogP contribution in [0.5, 0.6) is 0 Å². The van der Waals surface area contributed by atoms with E-state index in [4.69, 9.17) is 5.26 Å². The molecule has 0 fully saturated rings. The Morgan fingerprint density at radius 1 is 1.17 bits per heavy atom. The maximum atomic E-state index is 12.0. The molecule has 0 spiro atoms. The summed E-state index contributed by atoms with van der Waals surface area (Å²) in [6.07, 6.45) is 1.50. The lowest BCUT2D eigenvalue weighted by atomic mass is 10.3. The van der Waals surface area contributed by atoms with Gasteiger partial charge >= 0.3 is 0 Å². The predicted molar refractivity (Wildman–Crippen MR) is 94.9 cm³/mol. The van der Waals surface area contributed by atoms with Crippen molar-refractivity contribution in [1.29, 1.82) is 5.26 Å². The standard InChI is InChI=1S/C18H21N5O/c1-22(16-6-4-3-5-7-16)11-10-20-18(24)14-23(2)17-9-8-15(12-19)13-21-17/h3-9,13H,10-11,14H2,1-2H3,(H,20,24). The summed E-state index contributed by atoms with van der Waals surface area (Å²) in [6, 6.07) is 15.5. The number of pyridine rings is 1. The maximum Gasteiger partial charge on any atom is 0.239 e. The number of nitrogens with one attached hydrogen (secondary N) is 1. The second kappa shape index (κ2) is 8.53. The minimum absolute atomic E-state index is 0.0647. The first-order valence-electron chi connectivity index (χ1n) is 7.70. The Morgan fingerprint density at radius 2 is 1.92 bits per heavy atom. The number of likely N-dealkylation sites (N-methyl/N-ethyl adjacent to an activating group) is 2. The highest BCUT2D eigenvalue weighted by atomic mass is 16.2. The molecule has 0 saturated heterocycles. The van der Waals surface area contributed by atoms with Gasteiger partial charge in [-0.05, 0) is 24.3 Å². The second-order valence-electron chi connectivity index (χ2n) is 5.48. The SMILES string of the molecule is CN(CCNC(=O)CN(C)c1ccc(C#N)cn1)c1ccccc1. The fourth-order valence-corrected chi connectivity index (χ4v) is 2.20. The van der Waals surface area contributed by atoms with Gasteiger partial charge in [0.05, 0.1) is 12.1 Å². The molecule has 0 radical (unpaired) electrons. The van der Waals surface area contributed by atoms with Crippen molar-refractivity contribution in [3.63, 3.8) is 0 Å². The predicted octanol–water partition coefficient (Wildman–Crippen LogP) is 1.64. The molecule has 0 aliphatic rings. The number of hydrogen-bond donors (Lipinski definition) is 1. The van der Waals surface area contributed by atoms with Crippen molar-refractivity contribution >= 4 is 17.4 Å². The van der Waals surface area contributed by atoms with E-state index in [9.17, 15) is 4.79 Å². The molecule has 2 aromatic rings. The molecule has 1 amide bonds. The zero-order valence-corrected chi connectivity index (χ0v) is 13.9. The van der Waals surface area contributed by atoms with Crippen LogP contribution in [0.25, 0.3) is 0 Å². The molecule has 0 aliphatic heterocycles. The highest BCUT2D eigenvalue weighted by molar-refractivity contribution is 5.80. The Balaban J connectivity index is 1.75. The summed E-state index contributed by atoms with van der Waals surface area (Å²) in [7, 11) is 3.79. The molecule has 124 valence electrons. The number of nitrogens with zero attached hydrogens (tertiary/aromatic N) is 4. The van der Waals surface area contributed by atoms with Crippen molar-refractivity contribution in [2.24, 2.45) is 0 Å². The number of carbonyl (C=O) groups is 1. The van der Waals surface area contributed by atoms with E-state index in [0.29, 0.717) is 17.9 Å². The summed E-state index contributed by atoms with van der Waals surface area (Å²) in [5, 5.41) is 11.7. The van der Waals surface area contributed by atoms with E-state index in [1.54, 1.807) is 24.1 Å². The van der Waals surface area contributed by atoms with Gasteiger partial charge in [-0.1, -0.05) is 18.2 Å². The van der Waals surface area contributed by atoms with Crippen molar-refractivity contribution < 1.29 is 4.79 Å². The minimum atomic E-state index is -0.0647. The number of carbonyl (C=O) groups excluding carboxylic acids is 1. The molecule has 6 heteroatoms. The van der Waals surface area contributed by atoms with Crippen LogP contribution >= 0.6 is 0 Å². The first kappa shape index (κ1) is 17.3. The van der Waals surface area contributed by atoms with Gasteiger partial charge in [-0.3, -0.25) is 4.79 Å². The Hall–Kier alpha value is -3.07. The fraction of sp³-hybridized carbons (Fsp3) is 0.278. The summed E-state index contributed by atoms with van der Waals surface area (Å²) in [5.41, 5.74) is 1.62. The quantitative estimate of drug-likeness (QED) is 0.839. The van der Waals surface area contributed by atoms with Gasteiger partial charge in [0.1, 0.15) is 11.9 Å². The Morgan fingerprint density at radius 3 is 2.54 bits per heavy atom. The molecule has 1 N–H and O–H groups in total. The number of amides is 1. The molecule has 6 nitrogen and oxygen atoms in total. The van der Waals surface area contributed by atoms with Gasteiger partial charge in [-0.25, -0.2) is 4.98 Å². The molecule has 0 aliphatic carbocycles. The first-order valence-corrected chi connectivity index (χ1v) is 7.70. The van der Waals surface area contributed by atoms with Crippen LogP contribution in [0.1, 0.15) is 5.56 Å². The molecule has 24 heavy (non-hydrogen) atoms. The molecular weight excluding hydrogens is 302 g/mol. The zero-order chi connectivity index (χ0) is 17.4. The number of anilines is 2. The number of hydrogen-bond acceptors (Lipinski definition) is 5. The van der Waals surface area contributed by atoms with Gasteiger partial charge in [0, 0.05) is 39.1 Å². The summed E-state index contributed by atoms with van der Waals surface area (Å²) in [5.74, 6) is 0.593.